The van der Waals surface area contributed by atoms with Gasteiger partial charge >= 0.3 is 0 Å². The summed E-state index contributed by atoms with van der Waals surface area (Å²) in [5.41, 5.74) is 0.639. The fourth-order valence-electron chi connectivity index (χ4n) is 0.753. The first-order chi connectivity index (χ1) is 6.68. The largest absolute Gasteiger partial charge is 0.345 e. The summed E-state index contributed by atoms with van der Waals surface area (Å²) in [6.45, 7) is 1.78. The zero-order valence-corrected chi connectivity index (χ0v) is 8.43. The summed E-state index contributed by atoms with van der Waals surface area (Å²) >= 11 is 5.65. The van der Waals surface area contributed by atoms with E-state index in [0.29, 0.717) is 17.3 Å². The molecule has 1 N–H and O–H groups in total. The number of nitrogens with zero attached hydrogens (tertiary/aromatic N) is 1. The predicted octanol–water partition coefficient (Wildman–Crippen LogP) is 1.22. The lowest BCUT2D eigenvalue weighted by Gasteiger charge is -1.91. The highest BCUT2D eigenvalue weighted by Crippen LogP contribution is 2.04. The zero-order chi connectivity index (χ0) is 10.4. The molecule has 0 fully saturated rings. The van der Waals surface area contributed by atoms with E-state index in [0.717, 1.165) is 0 Å². The number of pyridine rings is 1. The van der Waals surface area contributed by atoms with Crippen LogP contribution in [0.1, 0.15) is 12.6 Å². The number of amides is 1. The van der Waals surface area contributed by atoms with Crippen molar-refractivity contribution >= 4 is 17.5 Å². The number of halogens is 1. The van der Waals surface area contributed by atoms with E-state index in [1.807, 2.05) is 0 Å². The highest BCUT2D eigenvalue weighted by atomic mass is 35.5. The molecule has 0 saturated heterocycles. The molecule has 3 nitrogen and oxygen atoms in total. The van der Waals surface area contributed by atoms with Crippen LogP contribution in [0.25, 0.3) is 0 Å². The van der Waals surface area contributed by atoms with Crippen LogP contribution < -0.4 is 5.32 Å². The minimum atomic E-state index is -0.0941. The lowest BCUT2D eigenvalue weighted by atomic mass is 10.3. The van der Waals surface area contributed by atoms with Crippen molar-refractivity contribution in [3.63, 3.8) is 0 Å². The SMILES string of the molecule is CC(=O)NCC#Cc1ccc(Cl)cn1. The van der Waals surface area contributed by atoms with Gasteiger partial charge in [-0.25, -0.2) is 4.98 Å². The van der Waals surface area contributed by atoms with Crippen molar-refractivity contribution < 1.29 is 4.79 Å². The van der Waals surface area contributed by atoms with Crippen LogP contribution >= 0.6 is 11.6 Å². The summed E-state index contributed by atoms with van der Waals surface area (Å²) in [5, 5.41) is 3.14. The van der Waals surface area contributed by atoms with Gasteiger partial charge in [0.2, 0.25) is 5.91 Å². The van der Waals surface area contributed by atoms with Gasteiger partial charge in [0.05, 0.1) is 11.6 Å². The van der Waals surface area contributed by atoms with E-state index < -0.39 is 0 Å². The molecule has 0 spiro atoms. The fourth-order valence-corrected chi connectivity index (χ4v) is 0.865. The summed E-state index contributed by atoms with van der Waals surface area (Å²) in [6, 6.07) is 3.44. The van der Waals surface area contributed by atoms with Crippen LogP contribution in [0.2, 0.25) is 5.02 Å². The maximum atomic E-state index is 10.5. The first-order valence-electron chi connectivity index (χ1n) is 4.03. The van der Waals surface area contributed by atoms with Crippen LogP contribution in [-0.2, 0) is 4.79 Å². The summed E-state index contributed by atoms with van der Waals surface area (Å²) in [7, 11) is 0. The molecule has 0 aliphatic heterocycles. The Balaban J connectivity index is 2.51. The van der Waals surface area contributed by atoms with Crippen molar-refractivity contribution in [1.29, 1.82) is 0 Å². The second-order valence-electron chi connectivity index (χ2n) is 2.57. The third kappa shape index (κ3) is 3.92. The summed E-state index contributed by atoms with van der Waals surface area (Å²) < 4.78 is 0. The Kier molecular flexibility index (Phi) is 3.96. The van der Waals surface area contributed by atoms with Crippen LogP contribution in [0, 0.1) is 11.8 Å². The molecule has 0 aromatic carbocycles. The van der Waals surface area contributed by atoms with Crippen molar-refractivity contribution in [1.82, 2.24) is 10.3 Å². The average Bonchev–Trinajstić information content (AvgIpc) is 2.15. The summed E-state index contributed by atoms with van der Waals surface area (Å²) in [5.74, 6) is 5.46. The average molecular weight is 209 g/mol. The van der Waals surface area contributed by atoms with Gasteiger partial charge in [0.15, 0.2) is 0 Å². The number of hydrogen-bond acceptors (Lipinski definition) is 2. The molecule has 1 heterocycles. The van der Waals surface area contributed by atoms with Crippen molar-refractivity contribution in [2.75, 3.05) is 6.54 Å². The topological polar surface area (TPSA) is 42.0 Å². The van der Waals surface area contributed by atoms with E-state index in [9.17, 15) is 4.79 Å². The van der Waals surface area contributed by atoms with E-state index in [4.69, 9.17) is 11.6 Å². The van der Waals surface area contributed by atoms with Gasteiger partial charge in [-0.15, -0.1) is 0 Å². The van der Waals surface area contributed by atoms with Crippen molar-refractivity contribution in [2.24, 2.45) is 0 Å². The van der Waals surface area contributed by atoms with E-state index in [2.05, 4.69) is 22.1 Å². The molecule has 1 aromatic rings. The van der Waals surface area contributed by atoms with Crippen molar-refractivity contribution in [2.45, 2.75) is 6.92 Å². The first-order valence-corrected chi connectivity index (χ1v) is 4.41. The van der Waals surface area contributed by atoms with E-state index in [-0.39, 0.29) is 5.91 Å². The smallest absolute Gasteiger partial charge is 0.217 e. The van der Waals surface area contributed by atoms with Gasteiger partial charge in [0.25, 0.3) is 0 Å². The number of rotatable bonds is 1. The van der Waals surface area contributed by atoms with Gasteiger partial charge in [0.1, 0.15) is 5.69 Å². The Bertz CT molecular complexity index is 375. The lowest BCUT2D eigenvalue weighted by molar-refractivity contribution is -0.118. The molecule has 1 rings (SSSR count). The van der Waals surface area contributed by atoms with Crippen molar-refractivity contribution in [3.8, 4) is 11.8 Å². The molecule has 0 radical (unpaired) electrons. The first kappa shape index (κ1) is 10.6. The van der Waals surface area contributed by atoms with E-state index in [1.54, 1.807) is 12.1 Å². The van der Waals surface area contributed by atoms with Crippen LogP contribution in [0.15, 0.2) is 18.3 Å². The molecule has 1 aromatic heterocycles. The minimum Gasteiger partial charge on any atom is -0.345 e. The van der Waals surface area contributed by atoms with Gasteiger partial charge in [-0.05, 0) is 18.1 Å². The van der Waals surface area contributed by atoms with E-state index >= 15 is 0 Å². The number of hydrogen-bond donors (Lipinski definition) is 1. The molecule has 0 saturated carbocycles. The molecule has 1 amide bonds. The molecule has 72 valence electrons. The number of nitrogens with one attached hydrogen (secondary N) is 1. The Morgan fingerprint density at radius 1 is 1.64 bits per heavy atom. The van der Waals surface area contributed by atoms with Crippen LogP contribution in [0.3, 0.4) is 0 Å². The molecular formula is C10H9ClN2O. The minimum absolute atomic E-state index is 0.0941. The third-order valence-corrected chi connectivity index (χ3v) is 1.59. The molecule has 14 heavy (non-hydrogen) atoms. The Morgan fingerprint density at radius 3 is 3.00 bits per heavy atom. The molecule has 0 bridgehead atoms. The second kappa shape index (κ2) is 5.25. The molecule has 0 atom stereocenters. The maximum Gasteiger partial charge on any atom is 0.217 e. The second-order valence-corrected chi connectivity index (χ2v) is 3.01. The lowest BCUT2D eigenvalue weighted by Crippen LogP contribution is -2.19. The fraction of sp³-hybridized carbons (Fsp3) is 0.200. The standard InChI is InChI=1S/C10H9ClN2O/c1-8(14)12-6-2-3-10-5-4-9(11)7-13-10/h4-5,7H,6H2,1H3,(H,12,14). The Morgan fingerprint density at radius 2 is 2.43 bits per heavy atom. The highest BCUT2D eigenvalue weighted by molar-refractivity contribution is 6.30. The zero-order valence-electron chi connectivity index (χ0n) is 7.67. The van der Waals surface area contributed by atoms with Crippen molar-refractivity contribution in [3.05, 3.63) is 29.0 Å². The number of carbonyl (C=O) groups excluding carboxylic acids is 1. The highest BCUT2D eigenvalue weighted by Gasteiger charge is 1.88. The van der Waals surface area contributed by atoms with Gasteiger partial charge in [-0.2, -0.15) is 0 Å². The van der Waals surface area contributed by atoms with Gasteiger partial charge < -0.3 is 5.32 Å². The van der Waals surface area contributed by atoms with Crippen LogP contribution in [-0.4, -0.2) is 17.4 Å². The Labute approximate surface area is 87.5 Å². The molecule has 0 aliphatic carbocycles. The monoisotopic (exact) mass is 208 g/mol. The van der Waals surface area contributed by atoms with Gasteiger partial charge in [0, 0.05) is 13.1 Å². The molecule has 0 aliphatic rings. The maximum absolute atomic E-state index is 10.5. The van der Waals surface area contributed by atoms with E-state index in [1.165, 1.54) is 13.1 Å². The predicted molar refractivity (Wildman–Crippen MR) is 54.8 cm³/mol. The summed E-state index contributed by atoms with van der Waals surface area (Å²) in [6.07, 6.45) is 1.53. The van der Waals surface area contributed by atoms with Crippen LogP contribution in [0.5, 0.6) is 0 Å². The van der Waals surface area contributed by atoms with Gasteiger partial charge in [-0.1, -0.05) is 17.5 Å². The third-order valence-electron chi connectivity index (χ3n) is 1.37. The van der Waals surface area contributed by atoms with Gasteiger partial charge in [-0.3, -0.25) is 4.79 Å². The number of aromatic nitrogens is 1. The normalized spacial score (nSPS) is 8.71. The summed E-state index contributed by atoms with van der Waals surface area (Å²) in [4.78, 5) is 14.5. The van der Waals surface area contributed by atoms with Crippen LogP contribution in [0.4, 0.5) is 0 Å². The Hall–Kier alpha value is -1.53. The molecule has 0 unspecified atom stereocenters. The molecular weight excluding hydrogens is 200 g/mol. The number of carbonyl (C=O) groups is 1. The quantitative estimate of drug-likeness (QED) is 0.706. The molecule has 4 heteroatoms.